The first-order valence-electron chi connectivity index (χ1n) is 9.95. The molecule has 0 spiro atoms. The second kappa shape index (κ2) is 9.98. The van der Waals surface area contributed by atoms with Crippen molar-refractivity contribution in [2.24, 2.45) is 0 Å². The monoisotopic (exact) mass is 552 g/mol. The maximum absolute atomic E-state index is 13.5. The van der Waals surface area contributed by atoms with Crippen molar-refractivity contribution in [3.63, 3.8) is 0 Å². The fourth-order valence-electron chi connectivity index (χ4n) is 3.57. The topological polar surface area (TPSA) is 77.1 Å². The molecule has 1 saturated heterocycles. The third-order valence-electron chi connectivity index (χ3n) is 5.37. The first-order valence-corrected chi connectivity index (χ1v) is 12.2. The molecule has 0 radical (unpaired) electrons. The van der Waals surface area contributed by atoms with E-state index in [4.69, 9.17) is 14.2 Å². The van der Waals surface area contributed by atoms with Gasteiger partial charge in [-0.15, -0.1) is 0 Å². The van der Waals surface area contributed by atoms with Crippen molar-refractivity contribution < 1.29 is 35.8 Å². The van der Waals surface area contributed by atoms with E-state index < -0.39 is 27.5 Å². The largest absolute Gasteiger partial charge is 0.493 e. The molecule has 1 aliphatic heterocycles. The average molecular weight is 553 g/mol. The van der Waals surface area contributed by atoms with Crippen LogP contribution in [-0.2, 0) is 16.2 Å². The number of hydrogen-bond acceptors (Lipinski definition) is 6. The van der Waals surface area contributed by atoms with Crippen LogP contribution in [0, 0.1) is 0 Å². The lowest BCUT2D eigenvalue weighted by atomic mass is 10.1. The number of likely N-dealkylation sites (tertiary alicyclic amines) is 1. The Morgan fingerprint density at radius 1 is 1.12 bits per heavy atom. The lowest BCUT2D eigenvalue weighted by molar-refractivity contribution is -0.139. The van der Waals surface area contributed by atoms with E-state index in [2.05, 4.69) is 20.7 Å². The Labute approximate surface area is 199 Å². The second-order valence-electron chi connectivity index (χ2n) is 7.54. The highest BCUT2D eigenvalue weighted by Gasteiger charge is 2.35. The summed E-state index contributed by atoms with van der Waals surface area (Å²) in [6.45, 7) is 0.914. The molecular formula is C21H24BrF3N2O5S. The molecule has 2 aromatic carbocycles. The molecule has 7 nitrogen and oxygen atoms in total. The highest BCUT2D eigenvalue weighted by atomic mass is 79.9. The quantitative estimate of drug-likeness (QED) is 0.508. The third kappa shape index (κ3) is 5.85. The summed E-state index contributed by atoms with van der Waals surface area (Å²) in [7, 11) is 0.467. The zero-order valence-corrected chi connectivity index (χ0v) is 20.6. The van der Waals surface area contributed by atoms with Crippen molar-refractivity contribution in [2.45, 2.75) is 30.0 Å². The van der Waals surface area contributed by atoms with E-state index >= 15 is 0 Å². The molecule has 1 heterocycles. The number of likely N-dealkylation sites (N-methyl/N-ethyl adjacent to an activating group) is 1. The van der Waals surface area contributed by atoms with Gasteiger partial charge in [-0.3, -0.25) is 4.72 Å². The number of sulfonamides is 1. The van der Waals surface area contributed by atoms with E-state index in [1.165, 1.54) is 26.4 Å². The number of hydrogen-bond donors (Lipinski definition) is 1. The second-order valence-corrected chi connectivity index (χ2v) is 10.0. The molecular weight excluding hydrogens is 529 g/mol. The highest BCUT2D eigenvalue weighted by Crippen LogP contribution is 2.40. The number of nitrogens with zero attached hydrogens (tertiary/aromatic N) is 1. The molecule has 1 aliphatic rings. The van der Waals surface area contributed by atoms with Crippen LogP contribution in [0.5, 0.6) is 17.2 Å². The van der Waals surface area contributed by atoms with E-state index in [0.29, 0.717) is 5.75 Å². The van der Waals surface area contributed by atoms with Gasteiger partial charge in [0.2, 0.25) is 0 Å². The fraction of sp³-hybridized carbons (Fsp3) is 0.429. The molecule has 2 aromatic rings. The number of benzene rings is 2. The number of rotatable bonds is 8. The van der Waals surface area contributed by atoms with Gasteiger partial charge >= 0.3 is 6.18 Å². The summed E-state index contributed by atoms with van der Waals surface area (Å²) >= 11 is 3.19. The molecule has 12 heteroatoms. The number of methoxy groups -OCH3 is 2. The Morgan fingerprint density at radius 2 is 1.79 bits per heavy atom. The van der Waals surface area contributed by atoms with Crippen LogP contribution in [0.1, 0.15) is 18.4 Å². The predicted octanol–water partition coefficient (Wildman–Crippen LogP) is 4.76. The fourth-order valence-corrected chi connectivity index (χ4v) is 5.65. The first-order chi connectivity index (χ1) is 15.5. The molecule has 0 bridgehead atoms. The summed E-state index contributed by atoms with van der Waals surface area (Å²) in [5.41, 5.74) is -1.04. The van der Waals surface area contributed by atoms with Crippen molar-refractivity contribution >= 4 is 31.6 Å². The molecule has 3 rings (SSSR count). The summed E-state index contributed by atoms with van der Waals surface area (Å²) in [6, 6.07) is 5.56. The van der Waals surface area contributed by atoms with Gasteiger partial charge < -0.3 is 19.1 Å². The van der Waals surface area contributed by atoms with Crippen molar-refractivity contribution in [3.8, 4) is 17.2 Å². The van der Waals surface area contributed by atoms with E-state index in [1.54, 1.807) is 0 Å². The van der Waals surface area contributed by atoms with Crippen LogP contribution < -0.4 is 18.9 Å². The average Bonchev–Trinajstić information content (AvgIpc) is 3.15. The summed E-state index contributed by atoms with van der Waals surface area (Å²) in [6.07, 6.45) is -2.89. The molecule has 0 aliphatic carbocycles. The van der Waals surface area contributed by atoms with Gasteiger partial charge in [0, 0.05) is 22.6 Å². The zero-order valence-electron chi connectivity index (χ0n) is 18.2. The van der Waals surface area contributed by atoms with Gasteiger partial charge in [0.1, 0.15) is 17.3 Å². The number of alkyl halides is 3. The molecule has 1 N–H and O–H groups in total. The van der Waals surface area contributed by atoms with E-state index in [-0.39, 0.29) is 33.5 Å². The smallest absolute Gasteiger partial charge is 0.419 e. The number of nitrogens with one attached hydrogen (secondary N) is 1. The number of ether oxygens (including phenoxy) is 3. The van der Waals surface area contributed by atoms with Crippen LogP contribution in [0.25, 0.3) is 0 Å². The summed E-state index contributed by atoms with van der Waals surface area (Å²) < 4.78 is 84.8. The normalized spacial score (nSPS) is 17.1. The van der Waals surface area contributed by atoms with Crippen LogP contribution in [-0.4, -0.2) is 53.8 Å². The first kappa shape index (κ1) is 25.4. The van der Waals surface area contributed by atoms with Crippen molar-refractivity contribution in [2.75, 3.05) is 39.1 Å². The Bertz CT molecular complexity index is 1110. The Kier molecular flexibility index (Phi) is 7.69. The third-order valence-corrected chi connectivity index (χ3v) is 7.71. The number of anilines is 1. The Morgan fingerprint density at radius 3 is 2.36 bits per heavy atom. The minimum absolute atomic E-state index is 0.00542. The highest BCUT2D eigenvalue weighted by molar-refractivity contribution is 9.10. The molecule has 0 aromatic heterocycles. The van der Waals surface area contributed by atoms with Crippen LogP contribution in [0.2, 0.25) is 0 Å². The van der Waals surface area contributed by atoms with Crippen molar-refractivity contribution in [3.05, 3.63) is 40.4 Å². The predicted molar refractivity (Wildman–Crippen MR) is 121 cm³/mol. The van der Waals surface area contributed by atoms with Gasteiger partial charge in [-0.25, -0.2) is 8.42 Å². The van der Waals surface area contributed by atoms with Gasteiger partial charge in [-0.05, 0) is 60.6 Å². The van der Waals surface area contributed by atoms with Crippen LogP contribution in [0.4, 0.5) is 18.9 Å². The van der Waals surface area contributed by atoms with Crippen LogP contribution in [0.3, 0.4) is 0 Å². The molecule has 182 valence electrons. The van der Waals surface area contributed by atoms with Crippen LogP contribution in [0.15, 0.2) is 39.7 Å². The lowest BCUT2D eigenvalue weighted by Crippen LogP contribution is -2.31. The molecule has 0 saturated carbocycles. The standard InChI is InChI=1S/C21H24BrF3N2O5S/c1-27-8-4-5-14(27)12-32-17-9-13(6-7-15(17)21(23,24)25)26-33(28,29)20-11-19(31-3)18(30-2)10-16(20)22/h6-7,9-11,14,26H,4-5,8,12H2,1-3H3/t14-/m0/s1. The Balaban J connectivity index is 1.91. The van der Waals surface area contributed by atoms with E-state index in [9.17, 15) is 21.6 Å². The van der Waals surface area contributed by atoms with Gasteiger partial charge in [-0.2, -0.15) is 13.2 Å². The summed E-state index contributed by atoms with van der Waals surface area (Å²) in [5, 5.41) is 0. The zero-order chi connectivity index (χ0) is 24.4. The maximum atomic E-state index is 13.5. The minimum Gasteiger partial charge on any atom is -0.493 e. The Hall–Kier alpha value is -2.18. The molecule has 1 fully saturated rings. The summed E-state index contributed by atoms with van der Waals surface area (Å²) in [5.74, 6) is 0.0537. The molecule has 33 heavy (non-hydrogen) atoms. The van der Waals surface area contributed by atoms with Crippen molar-refractivity contribution in [1.29, 1.82) is 0 Å². The van der Waals surface area contributed by atoms with Crippen molar-refractivity contribution in [1.82, 2.24) is 4.90 Å². The lowest BCUT2D eigenvalue weighted by Gasteiger charge is -2.22. The van der Waals surface area contributed by atoms with Gasteiger partial charge in [0.25, 0.3) is 10.0 Å². The van der Waals surface area contributed by atoms with Gasteiger partial charge in [0.15, 0.2) is 11.5 Å². The molecule has 0 unspecified atom stereocenters. The minimum atomic E-state index is -4.65. The SMILES string of the molecule is COc1cc(Br)c(S(=O)(=O)Nc2ccc(C(F)(F)F)c(OC[C@@H]3CCCN3C)c2)cc1OC. The van der Waals surface area contributed by atoms with Gasteiger partial charge in [-0.1, -0.05) is 0 Å². The van der Waals surface area contributed by atoms with E-state index in [1.807, 2.05) is 11.9 Å². The van der Waals surface area contributed by atoms with E-state index in [0.717, 1.165) is 37.6 Å². The molecule has 0 amide bonds. The van der Waals surface area contributed by atoms with Crippen LogP contribution >= 0.6 is 15.9 Å². The summed E-state index contributed by atoms with van der Waals surface area (Å²) in [4.78, 5) is 1.85. The molecule has 1 atom stereocenters. The maximum Gasteiger partial charge on any atom is 0.419 e. The van der Waals surface area contributed by atoms with Gasteiger partial charge in [0.05, 0.1) is 25.5 Å². The number of halogens is 4.